The van der Waals surface area contributed by atoms with E-state index in [0.29, 0.717) is 5.95 Å². The quantitative estimate of drug-likeness (QED) is 0.482. The summed E-state index contributed by atoms with van der Waals surface area (Å²) in [6, 6.07) is 0. The molecular weight excluding hydrogens is 156 g/mol. The van der Waals surface area contributed by atoms with Gasteiger partial charge in [0.1, 0.15) is 5.82 Å². The molecule has 1 aromatic rings. The largest absolute Gasteiger partial charge is 0.396 e. The molecule has 0 saturated heterocycles. The molecule has 0 saturated carbocycles. The number of aromatic nitrogens is 2. The number of anilines is 2. The number of hydrogen-bond donors (Lipinski definition) is 4. The molecule has 1 aromatic heterocycles. The van der Waals surface area contributed by atoms with Crippen molar-refractivity contribution in [1.29, 1.82) is 0 Å². The van der Waals surface area contributed by atoms with Gasteiger partial charge in [0.2, 0.25) is 0 Å². The Kier molecular flexibility index (Phi) is 2.93. The van der Waals surface area contributed by atoms with Gasteiger partial charge in [0.15, 0.2) is 5.95 Å². The number of rotatable bonds is 4. The number of H-pyrrole nitrogens is 1. The lowest BCUT2D eigenvalue weighted by Gasteiger charge is -2.01. The Bertz CT molecular complexity index is 246. The maximum absolute atomic E-state index is 8.53. The average molecular weight is 170 g/mol. The third-order valence-corrected chi connectivity index (χ3v) is 1.54. The van der Waals surface area contributed by atoms with Gasteiger partial charge < -0.3 is 21.1 Å². The van der Waals surface area contributed by atoms with Crippen LogP contribution in [0.15, 0.2) is 0 Å². The molecule has 0 amide bonds. The summed E-state index contributed by atoms with van der Waals surface area (Å²) in [7, 11) is 0. The van der Waals surface area contributed by atoms with Crippen molar-refractivity contribution in [3.05, 3.63) is 5.69 Å². The number of nitrogens with zero attached hydrogens (tertiary/aromatic N) is 1. The minimum absolute atomic E-state index is 0.190. The third kappa shape index (κ3) is 2.13. The first-order chi connectivity index (χ1) is 5.74. The molecule has 0 atom stereocenters. The fourth-order valence-corrected chi connectivity index (χ4v) is 0.948. The van der Waals surface area contributed by atoms with Gasteiger partial charge in [-0.1, -0.05) is 0 Å². The number of nitrogen functional groups attached to an aromatic ring is 1. The van der Waals surface area contributed by atoms with E-state index < -0.39 is 0 Å². The number of aryl methyl sites for hydroxylation is 1. The Labute approximate surface area is 71.0 Å². The van der Waals surface area contributed by atoms with Crippen molar-refractivity contribution in [3.8, 4) is 0 Å². The molecule has 0 bridgehead atoms. The number of aliphatic hydroxyl groups excluding tert-OH is 1. The first-order valence-electron chi connectivity index (χ1n) is 3.91. The molecule has 12 heavy (non-hydrogen) atoms. The zero-order valence-corrected chi connectivity index (χ0v) is 7.09. The molecule has 5 nitrogen and oxygen atoms in total. The minimum Gasteiger partial charge on any atom is -0.396 e. The molecule has 0 aliphatic rings. The Morgan fingerprint density at radius 3 is 2.92 bits per heavy atom. The van der Waals surface area contributed by atoms with E-state index in [2.05, 4.69) is 15.3 Å². The summed E-state index contributed by atoms with van der Waals surface area (Å²) in [6.07, 6.45) is 0.721. The maximum atomic E-state index is 8.53. The average Bonchev–Trinajstić information content (AvgIpc) is 2.31. The van der Waals surface area contributed by atoms with Crippen LogP contribution in [0.1, 0.15) is 12.1 Å². The molecule has 0 aromatic carbocycles. The molecule has 0 fully saturated rings. The highest BCUT2D eigenvalue weighted by molar-refractivity contribution is 5.45. The van der Waals surface area contributed by atoms with E-state index in [-0.39, 0.29) is 6.61 Å². The van der Waals surface area contributed by atoms with Crippen LogP contribution in [0.3, 0.4) is 0 Å². The number of aliphatic hydroxyl groups is 1. The van der Waals surface area contributed by atoms with Crippen LogP contribution in [-0.2, 0) is 0 Å². The highest BCUT2D eigenvalue weighted by Crippen LogP contribution is 2.11. The number of aromatic amines is 1. The molecule has 5 N–H and O–H groups in total. The van der Waals surface area contributed by atoms with E-state index in [1.165, 1.54) is 0 Å². The molecule has 0 radical (unpaired) electrons. The Morgan fingerprint density at radius 2 is 2.42 bits per heavy atom. The van der Waals surface area contributed by atoms with Gasteiger partial charge in [-0.2, -0.15) is 0 Å². The second kappa shape index (κ2) is 3.96. The fraction of sp³-hybridized carbons (Fsp3) is 0.571. The Hall–Kier alpha value is -1.23. The second-order valence-electron chi connectivity index (χ2n) is 2.59. The van der Waals surface area contributed by atoms with Crippen LogP contribution in [0.2, 0.25) is 0 Å². The summed E-state index contributed by atoms with van der Waals surface area (Å²) < 4.78 is 0. The summed E-state index contributed by atoms with van der Waals surface area (Å²) in [5.74, 6) is 1.25. The lowest BCUT2D eigenvalue weighted by Crippen LogP contribution is -2.04. The highest BCUT2D eigenvalue weighted by atomic mass is 16.3. The van der Waals surface area contributed by atoms with E-state index in [9.17, 15) is 0 Å². The van der Waals surface area contributed by atoms with Crippen LogP contribution >= 0.6 is 0 Å². The third-order valence-electron chi connectivity index (χ3n) is 1.54. The van der Waals surface area contributed by atoms with Gasteiger partial charge in [0, 0.05) is 13.2 Å². The van der Waals surface area contributed by atoms with Crippen molar-refractivity contribution in [2.24, 2.45) is 0 Å². The van der Waals surface area contributed by atoms with Crippen molar-refractivity contribution in [2.45, 2.75) is 13.3 Å². The van der Waals surface area contributed by atoms with Crippen molar-refractivity contribution in [2.75, 3.05) is 24.2 Å². The number of imidazole rings is 1. The normalized spacial score (nSPS) is 10.2. The second-order valence-corrected chi connectivity index (χ2v) is 2.59. The van der Waals surface area contributed by atoms with E-state index in [0.717, 1.165) is 24.5 Å². The summed E-state index contributed by atoms with van der Waals surface area (Å²) in [4.78, 5) is 6.86. The zero-order valence-electron chi connectivity index (χ0n) is 7.09. The maximum Gasteiger partial charge on any atom is 0.199 e. The summed E-state index contributed by atoms with van der Waals surface area (Å²) >= 11 is 0. The molecule has 0 aliphatic heterocycles. The number of hydrogen-bond acceptors (Lipinski definition) is 4. The summed E-state index contributed by atoms with van der Waals surface area (Å²) in [5, 5.41) is 11.6. The lowest BCUT2D eigenvalue weighted by atomic mass is 10.4. The highest BCUT2D eigenvalue weighted by Gasteiger charge is 2.01. The van der Waals surface area contributed by atoms with Crippen molar-refractivity contribution in [3.63, 3.8) is 0 Å². The van der Waals surface area contributed by atoms with Crippen molar-refractivity contribution in [1.82, 2.24) is 9.97 Å². The van der Waals surface area contributed by atoms with Gasteiger partial charge in [0.05, 0.1) is 5.69 Å². The van der Waals surface area contributed by atoms with Gasteiger partial charge in [-0.3, -0.25) is 0 Å². The molecule has 0 spiro atoms. The van der Waals surface area contributed by atoms with Gasteiger partial charge in [-0.05, 0) is 13.3 Å². The molecular formula is C7H14N4O. The first-order valence-corrected chi connectivity index (χ1v) is 3.91. The minimum atomic E-state index is 0.190. The SMILES string of the molecule is Cc1nc(N)[nH]c1NCCCO. The van der Waals surface area contributed by atoms with E-state index in [4.69, 9.17) is 10.8 Å². The van der Waals surface area contributed by atoms with Gasteiger partial charge in [-0.15, -0.1) is 0 Å². The molecule has 1 heterocycles. The van der Waals surface area contributed by atoms with Gasteiger partial charge in [0.25, 0.3) is 0 Å². The Balaban J connectivity index is 2.45. The Morgan fingerprint density at radius 1 is 1.67 bits per heavy atom. The summed E-state index contributed by atoms with van der Waals surface area (Å²) in [5.41, 5.74) is 6.28. The lowest BCUT2D eigenvalue weighted by molar-refractivity contribution is 0.292. The number of nitrogens with one attached hydrogen (secondary N) is 2. The predicted octanol–water partition coefficient (Wildman–Crippen LogP) is 0.0946. The van der Waals surface area contributed by atoms with E-state index >= 15 is 0 Å². The molecule has 1 rings (SSSR count). The molecule has 5 heteroatoms. The van der Waals surface area contributed by atoms with Crippen LogP contribution in [-0.4, -0.2) is 28.2 Å². The molecule has 0 unspecified atom stereocenters. The van der Waals surface area contributed by atoms with Gasteiger partial charge >= 0.3 is 0 Å². The molecule has 68 valence electrons. The zero-order chi connectivity index (χ0) is 8.97. The summed E-state index contributed by atoms with van der Waals surface area (Å²) in [6.45, 7) is 2.78. The van der Waals surface area contributed by atoms with E-state index in [1.807, 2.05) is 6.92 Å². The van der Waals surface area contributed by atoms with Crippen molar-refractivity contribution < 1.29 is 5.11 Å². The standard InChI is InChI=1S/C7H14N4O/c1-5-6(9-3-2-4-12)11-7(8)10-5/h9,12H,2-4H2,1H3,(H3,8,10,11). The smallest absolute Gasteiger partial charge is 0.199 e. The monoisotopic (exact) mass is 170 g/mol. The van der Waals surface area contributed by atoms with Crippen LogP contribution in [0.25, 0.3) is 0 Å². The van der Waals surface area contributed by atoms with E-state index in [1.54, 1.807) is 0 Å². The van der Waals surface area contributed by atoms with Crippen LogP contribution in [0, 0.1) is 6.92 Å². The predicted molar refractivity (Wildman–Crippen MR) is 47.9 cm³/mol. The van der Waals surface area contributed by atoms with Crippen LogP contribution in [0.5, 0.6) is 0 Å². The number of nitrogens with two attached hydrogens (primary N) is 1. The topological polar surface area (TPSA) is 87.0 Å². The van der Waals surface area contributed by atoms with Gasteiger partial charge in [-0.25, -0.2) is 4.98 Å². The van der Waals surface area contributed by atoms with Crippen LogP contribution < -0.4 is 11.1 Å². The molecule has 0 aliphatic carbocycles. The first kappa shape index (κ1) is 8.86. The fourth-order valence-electron chi connectivity index (χ4n) is 0.948. The van der Waals surface area contributed by atoms with Crippen LogP contribution in [0.4, 0.5) is 11.8 Å². The van der Waals surface area contributed by atoms with Crippen molar-refractivity contribution >= 4 is 11.8 Å².